The van der Waals surface area contributed by atoms with Gasteiger partial charge in [-0.3, -0.25) is 4.79 Å². The Kier molecular flexibility index (Phi) is 4.53. The van der Waals surface area contributed by atoms with Crippen molar-refractivity contribution in [3.8, 4) is 5.75 Å². The van der Waals surface area contributed by atoms with E-state index in [0.29, 0.717) is 0 Å². The molecule has 98 valence electrons. The van der Waals surface area contributed by atoms with Crippen LogP contribution in [0.25, 0.3) is 6.08 Å². The molecule has 2 aromatic rings. The van der Waals surface area contributed by atoms with Crippen molar-refractivity contribution in [1.82, 2.24) is 0 Å². The normalized spacial score (nSPS) is 10.8. The summed E-state index contributed by atoms with van der Waals surface area (Å²) in [4.78, 5) is 14.0. The lowest BCUT2D eigenvalue weighted by atomic mass is 10.2. The molecule has 0 atom stereocenters. The van der Waals surface area contributed by atoms with Crippen molar-refractivity contribution >= 4 is 23.2 Å². The summed E-state index contributed by atoms with van der Waals surface area (Å²) in [6.07, 6.45) is 4.42. The monoisotopic (exact) mass is 272 g/mol. The second kappa shape index (κ2) is 6.34. The Morgan fingerprint density at radius 1 is 1.21 bits per heavy atom. The minimum Gasteiger partial charge on any atom is -0.497 e. The van der Waals surface area contributed by atoms with Crippen molar-refractivity contribution in [2.24, 2.45) is 0 Å². The summed E-state index contributed by atoms with van der Waals surface area (Å²) in [6, 6.07) is 11.5. The molecule has 0 saturated carbocycles. The number of benzene rings is 1. The molecule has 19 heavy (non-hydrogen) atoms. The zero-order valence-corrected chi connectivity index (χ0v) is 11.9. The maximum Gasteiger partial charge on any atom is 0.195 e. The quantitative estimate of drug-likeness (QED) is 0.602. The van der Waals surface area contributed by atoms with Crippen LogP contribution in [0.4, 0.5) is 0 Å². The summed E-state index contributed by atoms with van der Waals surface area (Å²) in [7, 11) is 1.64. The zero-order valence-electron chi connectivity index (χ0n) is 11.1. The maximum atomic E-state index is 12.0. The number of thiophene rings is 1. The van der Waals surface area contributed by atoms with E-state index in [1.54, 1.807) is 24.5 Å². The summed E-state index contributed by atoms with van der Waals surface area (Å²) in [5.74, 6) is 0.870. The molecule has 0 saturated heterocycles. The van der Waals surface area contributed by atoms with E-state index in [4.69, 9.17) is 4.74 Å². The second-order valence-corrected chi connectivity index (χ2v) is 5.26. The van der Waals surface area contributed by atoms with E-state index >= 15 is 0 Å². The average Bonchev–Trinajstić information content (AvgIpc) is 2.94. The van der Waals surface area contributed by atoms with Crippen LogP contribution < -0.4 is 4.74 Å². The topological polar surface area (TPSA) is 26.3 Å². The van der Waals surface area contributed by atoms with Gasteiger partial charge < -0.3 is 4.74 Å². The number of ketones is 1. The van der Waals surface area contributed by atoms with Gasteiger partial charge in [0.15, 0.2) is 5.78 Å². The van der Waals surface area contributed by atoms with Gasteiger partial charge in [0.05, 0.1) is 12.0 Å². The molecule has 0 radical (unpaired) electrons. The van der Waals surface area contributed by atoms with Crippen molar-refractivity contribution in [3.63, 3.8) is 0 Å². The molecule has 0 amide bonds. The molecule has 0 fully saturated rings. The van der Waals surface area contributed by atoms with E-state index in [9.17, 15) is 4.79 Å². The molecule has 2 nitrogen and oxygen atoms in total. The van der Waals surface area contributed by atoms with Crippen LogP contribution in [0.1, 0.15) is 27.0 Å². The number of methoxy groups -OCH3 is 1. The molecule has 0 N–H and O–H groups in total. The molecule has 3 heteroatoms. The van der Waals surface area contributed by atoms with Crippen molar-refractivity contribution in [2.75, 3.05) is 7.11 Å². The molecule has 0 spiro atoms. The van der Waals surface area contributed by atoms with E-state index in [-0.39, 0.29) is 5.78 Å². The fourth-order valence-electron chi connectivity index (χ4n) is 1.67. The average molecular weight is 272 g/mol. The predicted octanol–water partition coefficient (Wildman–Crippen LogP) is 4.22. The zero-order chi connectivity index (χ0) is 13.7. The molecule has 2 rings (SSSR count). The van der Waals surface area contributed by atoms with Gasteiger partial charge in [-0.1, -0.05) is 25.1 Å². The molecule has 1 aromatic heterocycles. The highest BCUT2D eigenvalue weighted by Crippen LogP contribution is 2.18. The molecule has 0 aliphatic heterocycles. The van der Waals surface area contributed by atoms with Gasteiger partial charge in [-0.15, -0.1) is 11.3 Å². The second-order valence-electron chi connectivity index (χ2n) is 4.09. The molecule has 0 aliphatic rings. The lowest BCUT2D eigenvalue weighted by Crippen LogP contribution is -1.88. The van der Waals surface area contributed by atoms with E-state index in [1.807, 2.05) is 42.5 Å². The Morgan fingerprint density at radius 3 is 2.53 bits per heavy atom. The molecule has 0 bridgehead atoms. The van der Waals surface area contributed by atoms with Crippen LogP contribution in [0.5, 0.6) is 5.75 Å². The maximum absolute atomic E-state index is 12.0. The first kappa shape index (κ1) is 13.6. The van der Waals surface area contributed by atoms with Gasteiger partial charge in [0, 0.05) is 4.88 Å². The van der Waals surface area contributed by atoms with Gasteiger partial charge >= 0.3 is 0 Å². The lowest BCUT2D eigenvalue weighted by Gasteiger charge is -1.98. The van der Waals surface area contributed by atoms with Crippen LogP contribution in [-0.4, -0.2) is 12.9 Å². The number of hydrogen-bond donors (Lipinski definition) is 0. The van der Waals surface area contributed by atoms with E-state index < -0.39 is 0 Å². The number of carbonyl (C=O) groups is 1. The molecule has 0 aliphatic carbocycles. The Balaban J connectivity index is 2.06. The first-order valence-corrected chi connectivity index (χ1v) is 6.99. The fraction of sp³-hybridized carbons (Fsp3) is 0.188. The van der Waals surface area contributed by atoms with Crippen LogP contribution in [0.3, 0.4) is 0 Å². The van der Waals surface area contributed by atoms with E-state index in [1.165, 1.54) is 4.88 Å². The number of carbonyl (C=O) groups excluding carboxylic acids is 1. The fourth-order valence-corrected chi connectivity index (χ4v) is 2.54. The lowest BCUT2D eigenvalue weighted by molar-refractivity contribution is 0.105. The van der Waals surface area contributed by atoms with Crippen LogP contribution in [0, 0.1) is 0 Å². The summed E-state index contributed by atoms with van der Waals surface area (Å²) in [6.45, 7) is 2.09. The highest BCUT2D eigenvalue weighted by molar-refractivity contribution is 7.14. The molecule has 0 unspecified atom stereocenters. The largest absolute Gasteiger partial charge is 0.497 e. The van der Waals surface area contributed by atoms with E-state index in [0.717, 1.165) is 22.6 Å². The van der Waals surface area contributed by atoms with Crippen molar-refractivity contribution in [1.29, 1.82) is 0 Å². The number of rotatable bonds is 5. The summed E-state index contributed by atoms with van der Waals surface area (Å²) in [5, 5.41) is 0. The summed E-state index contributed by atoms with van der Waals surface area (Å²) < 4.78 is 5.09. The smallest absolute Gasteiger partial charge is 0.195 e. The van der Waals surface area contributed by atoms with Crippen molar-refractivity contribution in [3.05, 3.63) is 57.8 Å². The number of ether oxygens (including phenoxy) is 1. The van der Waals surface area contributed by atoms with Gasteiger partial charge in [0.2, 0.25) is 0 Å². The predicted molar refractivity (Wildman–Crippen MR) is 80.1 cm³/mol. The Hall–Kier alpha value is -1.87. The van der Waals surface area contributed by atoms with E-state index in [2.05, 4.69) is 6.92 Å². The first-order chi connectivity index (χ1) is 9.22. The molecule has 1 aromatic carbocycles. The number of aryl methyl sites for hydroxylation is 1. The summed E-state index contributed by atoms with van der Waals surface area (Å²) in [5.41, 5.74) is 0.987. The third-order valence-electron chi connectivity index (χ3n) is 2.80. The highest BCUT2D eigenvalue weighted by Gasteiger charge is 2.05. The van der Waals surface area contributed by atoms with Crippen LogP contribution in [0.2, 0.25) is 0 Å². The third-order valence-corrected chi connectivity index (χ3v) is 4.04. The third kappa shape index (κ3) is 3.55. The Morgan fingerprint density at radius 2 is 1.95 bits per heavy atom. The van der Waals surface area contributed by atoms with Crippen LogP contribution >= 0.6 is 11.3 Å². The van der Waals surface area contributed by atoms with Gasteiger partial charge in [0.1, 0.15) is 5.75 Å². The van der Waals surface area contributed by atoms with Crippen molar-refractivity contribution < 1.29 is 9.53 Å². The number of allylic oxidation sites excluding steroid dienone is 1. The van der Waals surface area contributed by atoms with Gasteiger partial charge in [-0.05, 0) is 42.3 Å². The molecular formula is C16H16O2S. The molecular weight excluding hydrogens is 256 g/mol. The Labute approximate surface area is 117 Å². The van der Waals surface area contributed by atoms with Crippen LogP contribution in [0.15, 0.2) is 42.5 Å². The minimum atomic E-state index is 0.0560. The Bertz CT molecular complexity index is 579. The first-order valence-electron chi connectivity index (χ1n) is 6.18. The van der Waals surface area contributed by atoms with Crippen molar-refractivity contribution in [2.45, 2.75) is 13.3 Å². The minimum absolute atomic E-state index is 0.0560. The van der Waals surface area contributed by atoms with Crippen LogP contribution in [-0.2, 0) is 6.42 Å². The van der Waals surface area contributed by atoms with Gasteiger partial charge in [0.25, 0.3) is 0 Å². The number of hydrogen-bond acceptors (Lipinski definition) is 3. The standard InChI is InChI=1S/C16H16O2S/c1-3-14-9-11-16(19-14)15(17)10-6-12-4-7-13(18-2)8-5-12/h4-11H,3H2,1-2H3. The summed E-state index contributed by atoms with van der Waals surface area (Å²) >= 11 is 1.56. The van der Waals surface area contributed by atoms with Gasteiger partial charge in [-0.25, -0.2) is 0 Å². The highest BCUT2D eigenvalue weighted by atomic mass is 32.1. The SMILES string of the molecule is CCc1ccc(C(=O)C=Cc2ccc(OC)cc2)s1. The van der Waals surface area contributed by atoms with Gasteiger partial charge in [-0.2, -0.15) is 0 Å². The molecule has 1 heterocycles.